The van der Waals surface area contributed by atoms with Crippen LogP contribution < -0.4 is 10.0 Å². The molecule has 1 unspecified atom stereocenters. The van der Waals surface area contributed by atoms with Gasteiger partial charge in [0.15, 0.2) is 0 Å². The molecular weight excluding hydrogens is 291 g/mol. The lowest BCUT2D eigenvalue weighted by Gasteiger charge is -2.13. The zero-order valence-electron chi connectivity index (χ0n) is 10.6. The normalized spacial score (nSPS) is 19.2. The maximum absolute atomic E-state index is 13.3. The highest BCUT2D eigenvalue weighted by Crippen LogP contribution is 2.17. The number of hydrogen-bond acceptors (Lipinski definition) is 3. The van der Waals surface area contributed by atoms with E-state index in [0.29, 0.717) is 6.54 Å². The third kappa shape index (κ3) is 3.89. The topological polar surface area (TPSA) is 58.2 Å². The Hall–Kier alpha value is -0.690. The van der Waals surface area contributed by atoms with Crippen LogP contribution in [-0.2, 0) is 10.0 Å². The lowest BCUT2D eigenvalue weighted by atomic mass is 10.2. The summed E-state index contributed by atoms with van der Waals surface area (Å²) in [5.41, 5.74) is 0.157. The third-order valence-corrected chi connectivity index (χ3v) is 4.76. The van der Waals surface area contributed by atoms with Crippen LogP contribution in [0.3, 0.4) is 0 Å². The highest BCUT2D eigenvalue weighted by molar-refractivity contribution is 7.89. The maximum atomic E-state index is 13.3. The minimum absolute atomic E-state index is 0. The van der Waals surface area contributed by atoms with Crippen molar-refractivity contribution in [2.45, 2.75) is 30.7 Å². The average Bonchev–Trinajstić information content (AvgIpc) is 2.83. The van der Waals surface area contributed by atoms with Crippen molar-refractivity contribution in [2.24, 2.45) is 0 Å². The van der Waals surface area contributed by atoms with Crippen LogP contribution in [0.4, 0.5) is 4.39 Å². The molecular formula is C12H18ClFN2O2S. The first-order valence-corrected chi connectivity index (χ1v) is 7.47. The van der Waals surface area contributed by atoms with Crippen LogP contribution in [0, 0.1) is 12.7 Å². The van der Waals surface area contributed by atoms with Crippen molar-refractivity contribution in [3.05, 3.63) is 29.6 Å². The molecule has 4 nitrogen and oxygen atoms in total. The van der Waals surface area contributed by atoms with Crippen LogP contribution in [-0.4, -0.2) is 27.5 Å². The summed E-state index contributed by atoms with van der Waals surface area (Å²) in [6.07, 6.45) is 2.02. The summed E-state index contributed by atoms with van der Waals surface area (Å²) in [5.74, 6) is -0.503. The summed E-state index contributed by atoms with van der Waals surface area (Å²) in [5, 5.41) is 3.21. The van der Waals surface area contributed by atoms with Gasteiger partial charge in [0.05, 0.1) is 4.90 Å². The molecule has 1 aliphatic rings. The van der Waals surface area contributed by atoms with Crippen molar-refractivity contribution >= 4 is 22.4 Å². The highest BCUT2D eigenvalue weighted by Gasteiger charge is 2.21. The first-order valence-electron chi connectivity index (χ1n) is 5.99. The van der Waals surface area contributed by atoms with Crippen molar-refractivity contribution in [2.75, 3.05) is 13.1 Å². The predicted molar refractivity (Wildman–Crippen MR) is 74.6 cm³/mol. The fourth-order valence-corrected chi connectivity index (χ4v) is 3.43. The van der Waals surface area contributed by atoms with E-state index in [9.17, 15) is 12.8 Å². The van der Waals surface area contributed by atoms with Crippen molar-refractivity contribution in [3.63, 3.8) is 0 Å². The summed E-state index contributed by atoms with van der Waals surface area (Å²) in [7, 11) is -3.63. The number of rotatable bonds is 4. The van der Waals surface area contributed by atoms with E-state index in [-0.39, 0.29) is 28.9 Å². The molecule has 1 heterocycles. The zero-order valence-corrected chi connectivity index (χ0v) is 12.3. The van der Waals surface area contributed by atoms with Gasteiger partial charge in [0.1, 0.15) is 5.82 Å². The maximum Gasteiger partial charge on any atom is 0.240 e. The fourth-order valence-electron chi connectivity index (χ4n) is 2.10. The molecule has 1 saturated heterocycles. The highest BCUT2D eigenvalue weighted by atomic mass is 35.5. The molecule has 1 aromatic rings. The van der Waals surface area contributed by atoms with Gasteiger partial charge in [0, 0.05) is 18.2 Å². The van der Waals surface area contributed by atoms with Crippen LogP contribution in [0.5, 0.6) is 0 Å². The molecule has 1 aliphatic heterocycles. The number of sulfonamides is 1. The Labute approximate surface area is 119 Å². The molecule has 0 bridgehead atoms. The van der Waals surface area contributed by atoms with E-state index < -0.39 is 15.8 Å². The van der Waals surface area contributed by atoms with E-state index in [1.165, 1.54) is 25.1 Å². The third-order valence-electron chi connectivity index (χ3n) is 3.19. The molecule has 2 rings (SSSR count). The van der Waals surface area contributed by atoms with Gasteiger partial charge in [0.25, 0.3) is 0 Å². The van der Waals surface area contributed by atoms with E-state index in [0.717, 1.165) is 19.4 Å². The summed E-state index contributed by atoms with van der Waals surface area (Å²) in [6, 6.07) is 4.26. The lowest BCUT2D eigenvalue weighted by Crippen LogP contribution is -2.37. The fraction of sp³-hybridized carbons (Fsp3) is 0.500. The summed E-state index contributed by atoms with van der Waals surface area (Å²) in [4.78, 5) is 0.0143. The number of hydrogen-bond donors (Lipinski definition) is 2. The second-order valence-corrected chi connectivity index (χ2v) is 6.24. The predicted octanol–water partition coefficient (Wildman–Crippen LogP) is 1.59. The number of benzene rings is 1. The van der Waals surface area contributed by atoms with Gasteiger partial charge in [0.2, 0.25) is 10.0 Å². The second kappa shape index (κ2) is 6.65. The molecule has 1 fully saturated rings. The Kier molecular flexibility index (Phi) is 5.73. The van der Waals surface area contributed by atoms with Crippen molar-refractivity contribution < 1.29 is 12.8 Å². The van der Waals surface area contributed by atoms with E-state index in [1.54, 1.807) is 0 Å². The van der Waals surface area contributed by atoms with Crippen LogP contribution >= 0.6 is 12.4 Å². The van der Waals surface area contributed by atoms with Gasteiger partial charge in [-0.25, -0.2) is 17.5 Å². The quantitative estimate of drug-likeness (QED) is 0.888. The van der Waals surface area contributed by atoms with E-state index in [4.69, 9.17) is 0 Å². The molecule has 0 aliphatic carbocycles. The van der Waals surface area contributed by atoms with Crippen molar-refractivity contribution in [1.82, 2.24) is 10.0 Å². The van der Waals surface area contributed by atoms with Gasteiger partial charge in [-0.1, -0.05) is 6.07 Å². The molecule has 7 heteroatoms. The lowest BCUT2D eigenvalue weighted by molar-refractivity contribution is 0.549. The molecule has 0 spiro atoms. The Bertz CT molecular complexity index is 531. The van der Waals surface area contributed by atoms with Crippen LogP contribution in [0.25, 0.3) is 0 Å². The number of nitrogens with one attached hydrogen (secondary N) is 2. The van der Waals surface area contributed by atoms with E-state index in [1.807, 2.05) is 0 Å². The largest absolute Gasteiger partial charge is 0.313 e. The molecule has 0 saturated carbocycles. The van der Waals surface area contributed by atoms with Crippen LogP contribution in [0.2, 0.25) is 0 Å². The first-order chi connectivity index (χ1) is 8.50. The molecule has 0 radical (unpaired) electrons. The van der Waals surface area contributed by atoms with Crippen LogP contribution in [0.15, 0.2) is 23.1 Å². The standard InChI is InChI=1S/C12H17FN2O2S.ClH/c1-9-11(13)5-2-6-12(9)18(16,17)15-8-10-4-3-7-14-10;/h2,5-6,10,14-15H,3-4,7-8H2,1H3;1H. The minimum atomic E-state index is -3.63. The second-order valence-electron chi connectivity index (χ2n) is 4.51. The molecule has 108 valence electrons. The molecule has 1 aromatic carbocycles. The first kappa shape index (κ1) is 16.4. The molecule has 1 atom stereocenters. The SMILES string of the molecule is Cc1c(F)cccc1S(=O)(=O)NCC1CCCN1.Cl. The zero-order chi connectivity index (χ0) is 13.2. The monoisotopic (exact) mass is 308 g/mol. The van der Waals surface area contributed by atoms with Crippen molar-refractivity contribution in [1.29, 1.82) is 0 Å². The Morgan fingerprint density at radius 1 is 1.47 bits per heavy atom. The van der Waals surface area contributed by atoms with Gasteiger partial charge in [-0.05, 0) is 38.4 Å². The Balaban J connectivity index is 0.00000180. The summed E-state index contributed by atoms with van der Waals surface area (Å²) in [6.45, 7) is 2.74. The van der Waals surface area contributed by atoms with Crippen molar-refractivity contribution in [3.8, 4) is 0 Å². The van der Waals surface area contributed by atoms with Gasteiger partial charge in [-0.15, -0.1) is 12.4 Å². The van der Waals surface area contributed by atoms with Gasteiger partial charge >= 0.3 is 0 Å². The van der Waals surface area contributed by atoms with Crippen LogP contribution in [0.1, 0.15) is 18.4 Å². The average molecular weight is 309 g/mol. The van der Waals surface area contributed by atoms with E-state index in [2.05, 4.69) is 10.0 Å². The number of halogens is 2. The summed E-state index contributed by atoms with van der Waals surface area (Å²) >= 11 is 0. The molecule has 0 aromatic heterocycles. The van der Waals surface area contributed by atoms with Gasteiger partial charge in [-0.2, -0.15) is 0 Å². The Morgan fingerprint density at radius 2 is 2.21 bits per heavy atom. The van der Waals surface area contributed by atoms with Gasteiger partial charge < -0.3 is 5.32 Å². The van der Waals surface area contributed by atoms with Gasteiger partial charge in [-0.3, -0.25) is 0 Å². The molecule has 19 heavy (non-hydrogen) atoms. The van der Waals surface area contributed by atoms with E-state index >= 15 is 0 Å². The molecule has 2 N–H and O–H groups in total. The smallest absolute Gasteiger partial charge is 0.240 e. The molecule has 0 amide bonds. The Morgan fingerprint density at radius 3 is 2.84 bits per heavy atom. The summed E-state index contributed by atoms with van der Waals surface area (Å²) < 4.78 is 40.0. The minimum Gasteiger partial charge on any atom is -0.313 e.